The van der Waals surface area contributed by atoms with Crippen LogP contribution >= 0.6 is 0 Å². The molecule has 0 saturated carbocycles. The molecule has 0 spiro atoms. The molecule has 1 aliphatic rings. The van der Waals surface area contributed by atoms with Gasteiger partial charge in [0.1, 0.15) is 5.60 Å². The molecule has 2 amide bonds. The van der Waals surface area contributed by atoms with Gasteiger partial charge in [0.25, 0.3) is 5.91 Å². The number of amides is 2. The fourth-order valence-electron chi connectivity index (χ4n) is 5.56. The Hall–Kier alpha value is -4.83. The first-order valence-electron chi connectivity index (χ1n) is 14.3. The number of piperazine rings is 1. The van der Waals surface area contributed by atoms with Gasteiger partial charge in [-0.25, -0.2) is 4.79 Å². The van der Waals surface area contributed by atoms with Crippen molar-refractivity contribution in [3.8, 4) is 23.0 Å². The van der Waals surface area contributed by atoms with Crippen LogP contribution in [0.3, 0.4) is 0 Å². The molecule has 214 valence electrons. The molecule has 1 aliphatic heterocycles. The predicted octanol–water partition coefficient (Wildman–Crippen LogP) is 6.63. The standard InChI is InChI=1S/C35H36N4O3/c1-25-20-31(32(28-15-9-6-10-16-28)39(25)29-17-11-14-27(22-29)23-36)33(40)38-19-18-37(34(41)42-35(2,3)4)24-30(38)21-26-12-7-5-8-13-26/h5-17,20,22,30H,18-19,21,24H2,1-4H3/t30-/m1/s1. The van der Waals surface area contributed by atoms with Crippen LogP contribution in [0, 0.1) is 18.3 Å². The summed E-state index contributed by atoms with van der Waals surface area (Å²) in [7, 11) is 0. The number of carbonyl (C=O) groups excluding carboxylic acids is 2. The minimum absolute atomic E-state index is 0.0862. The van der Waals surface area contributed by atoms with Crippen LogP contribution in [-0.2, 0) is 11.2 Å². The summed E-state index contributed by atoms with van der Waals surface area (Å²) in [5.41, 5.74) is 5.02. The van der Waals surface area contributed by atoms with Crippen LogP contribution in [0.1, 0.15) is 48.0 Å². The first-order valence-corrected chi connectivity index (χ1v) is 14.3. The van der Waals surface area contributed by atoms with Gasteiger partial charge in [0.2, 0.25) is 0 Å². The Bertz CT molecular complexity index is 1610. The molecule has 7 nitrogen and oxygen atoms in total. The Morgan fingerprint density at radius 3 is 2.29 bits per heavy atom. The number of benzene rings is 3. The third-order valence-electron chi connectivity index (χ3n) is 7.41. The van der Waals surface area contributed by atoms with E-state index in [9.17, 15) is 14.9 Å². The maximum atomic E-state index is 14.5. The molecule has 3 aromatic carbocycles. The molecular formula is C35H36N4O3. The van der Waals surface area contributed by atoms with Gasteiger partial charge in [-0.3, -0.25) is 4.79 Å². The second-order valence-corrected chi connectivity index (χ2v) is 11.7. The van der Waals surface area contributed by atoms with Gasteiger partial charge in [0.05, 0.1) is 28.9 Å². The lowest BCUT2D eigenvalue weighted by Gasteiger charge is -2.42. The largest absolute Gasteiger partial charge is 0.444 e. The highest BCUT2D eigenvalue weighted by Gasteiger charge is 2.36. The molecule has 2 heterocycles. The van der Waals surface area contributed by atoms with Crippen LogP contribution in [0.25, 0.3) is 16.9 Å². The molecule has 0 bridgehead atoms. The summed E-state index contributed by atoms with van der Waals surface area (Å²) in [6.45, 7) is 8.70. The van der Waals surface area contributed by atoms with Crippen molar-refractivity contribution in [2.75, 3.05) is 19.6 Å². The van der Waals surface area contributed by atoms with Crippen LogP contribution < -0.4 is 0 Å². The van der Waals surface area contributed by atoms with Crippen molar-refractivity contribution in [3.05, 3.63) is 113 Å². The molecule has 4 aromatic rings. The Morgan fingerprint density at radius 1 is 0.929 bits per heavy atom. The van der Waals surface area contributed by atoms with E-state index in [2.05, 4.69) is 6.07 Å². The summed E-state index contributed by atoms with van der Waals surface area (Å²) in [5.74, 6) is -0.0862. The lowest BCUT2D eigenvalue weighted by molar-refractivity contribution is 0.00440. The fourth-order valence-corrected chi connectivity index (χ4v) is 5.56. The minimum atomic E-state index is -0.604. The van der Waals surface area contributed by atoms with Gasteiger partial charge in [0.15, 0.2) is 0 Å². The lowest BCUT2D eigenvalue weighted by Crippen LogP contribution is -2.57. The molecule has 0 unspecified atom stereocenters. The number of carbonyl (C=O) groups is 2. The van der Waals surface area contributed by atoms with Gasteiger partial charge in [0, 0.05) is 31.0 Å². The van der Waals surface area contributed by atoms with Gasteiger partial charge in [-0.15, -0.1) is 0 Å². The van der Waals surface area contributed by atoms with Crippen LogP contribution in [0.4, 0.5) is 4.79 Å². The highest BCUT2D eigenvalue weighted by molar-refractivity contribution is 6.01. The Labute approximate surface area is 247 Å². The maximum absolute atomic E-state index is 14.5. The van der Waals surface area contributed by atoms with E-state index in [4.69, 9.17) is 4.74 Å². The first kappa shape index (κ1) is 28.7. The van der Waals surface area contributed by atoms with Crippen molar-refractivity contribution in [1.29, 1.82) is 5.26 Å². The first-order chi connectivity index (χ1) is 20.1. The van der Waals surface area contributed by atoms with Gasteiger partial charge in [-0.1, -0.05) is 66.7 Å². The van der Waals surface area contributed by atoms with Crippen molar-refractivity contribution in [3.63, 3.8) is 0 Å². The number of rotatable bonds is 5. The molecule has 0 aliphatic carbocycles. The number of nitrogens with zero attached hydrogens (tertiary/aromatic N) is 4. The van der Waals surface area contributed by atoms with E-state index in [0.29, 0.717) is 37.2 Å². The van der Waals surface area contributed by atoms with Gasteiger partial charge in [-0.05, 0) is 69.5 Å². The van der Waals surface area contributed by atoms with E-state index in [1.54, 1.807) is 11.0 Å². The second-order valence-electron chi connectivity index (χ2n) is 11.7. The molecule has 1 atom stereocenters. The summed E-state index contributed by atoms with van der Waals surface area (Å²) in [4.78, 5) is 31.2. The Morgan fingerprint density at radius 2 is 1.62 bits per heavy atom. The lowest BCUT2D eigenvalue weighted by atomic mass is 10.00. The average molecular weight is 561 g/mol. The number of hydrogen-bond acceptors (Lipinski definition) is 4. The van der Waals surface area contributed by atoms with Crippen molar-refractivity contribution >= 4 is 12.0 Å². The fraction of sp³-hybridized carbons (Fsp3) is 0.286. The molecule has 1 aromatic heterocycles. The summed E-state index contributed by atoms with van der Waals surface area (Å²) >= 11 is 0. The van der Waals surface area contributed by atoms with E-state index in [0.717, 1.165) is 28.2 Å². The highest BCUT2D eigenvalue weighted by atomic mass is 16.6. The molecular weight excluding hydrogens is 524 g/mol. The zero-order valence-electron chi connectivity index (χ0n) is 24.6. The Kier molecular flexibility index (Phi) is 8.17. The number of aromatic nitrogens is 1. The monoisotopic (exact) mass is 560 g/mol. The van der Waals surface area contributed by atoms with Crippen LogP contribution in [0.2, 0.25) is 0 Å². The van der Waals surface area contributed by atoms with Crippen LogP contribution in [0.15, 0.2) is 91.0 Å². The van der Waals surface area contributed by atoms with Crippen LogP contribution in [-0.4, -0.2) is 57.6 Å². The number of ether oxygens (including phenoxy) is 1. The summed E-state index contributed by atoms with van der Waals surface area (Å²) in [6.07, 6.45) is 0.244. The van der Waals surface area contributed by atoms with E-state index >= 15 is 0 Å². The molecule has 1 fully saturated rings. The van der Waals surface area contributed by atoms with E-state index in [1.807, 2.05) is 122 Å². The van der Waals surface area contributed by atoms with Crippen molar-refractivity contribution in [1.82, 2.24) is 14.4 Å². The highest BCUT2D eigenvalue weighted by Crippen LogP contribution is 2.33. The SMILES string of the molecule is Cc1cc(C(=O)N2CCN(C(=O)OC(C)(C)C)C[C@H]2Cc2ccccc2)c(-c2ccccc2)n1-c1cccc(C#N)c1. The summed E-state index contributed by atoms with van der Waals surface area (Å²) in [6, 6.07) is 31.2. The number of aryl methyl sites for hydroxylation is 1. The quantitative estimate of drug-likeness (QED) is 0.275. The summed E-state index contributed by atoms with van der Waals surface area (Å²) in [5, 5.41) is 9.54. The second kappa shape index (κ2) is 12.0. The molecule has 1 saturated heterocycles. The average Bonchev–Trinajstić information content (AvgIpc) is 3.34. The molecule has 42 heavy (non-hydrogen) atoms. The minimum Gasteiger partial charge on any atom is -0.444 e. The molecule has 7 heteroatoms. The van der Waals surface area contributed by atoms with Crippen LogP contribution in [0.5, 0.6) is 0 Å². The zero-order chi connectivity index (χ0) is 29.9. The zero-order valence-corrected chi connectivity index (χ0v) is 24.6. The van der Waals surface area contributed by atoms with Gasteiger partial charge >= 0.3 is 6.09 Å². The van der Waals surface area contributed by atoms with E-state index in [1.165, 1.54) is 0 Å². The molecule has 0 N–H and O–H groups in total. The van der Waals surface area contributed by atoms with Crippen molar-refractivity contribution in [2.24, 2.45) is 0 Å². The summed E-state index contributed by atoms with van der Waals surface area (Å²) < 4.78 is 7.73. The van der Waals surface area contributed by atoms with Crippen molar-refractivity contribution in [2.45, 2.75) is 45.8 Å². The topological polar surface area (TPSA) is 78.6 Å². The van der Waals surface area contributed by atoms with Gasteiger partial charge in [-0.2, -0.15) is 5.26 Å². The van der Waals surface area contributed by atoms with E-state index < -0.39 is 5.60 Å². The smallest absolute Gasteiger partial charge is 0.410 e. The van der Waals surface area contributed by atoms with Gasteiger partial charge < -0.3 is 19.1 Å². The van der Waals surface area contributed by atoms with Crippen molar-refractivity contribution < 1.29 is 14.3 Å². The third-order valence-corrected chi connectivity index (χ3v) is 7.41. The Balaban J connectivity index is 1.56. The predicted molar refractivity (Wildman–Crippen MR) is 163 cm³/mol. The third kappa shape index (κ3) is 6.23. The molecule has 5 rings (SSSR count). The van der Waals surface area contributed by atoms with E-state index in [-0.39, 0.29) is 18.0 Å². The number of nitriles is 1. The normalized spacial score (nSPS) is 15.3. The number of hydrogen-bond donors (Lipinski definition) is 0. The molecule has 0 radical (unpaired) electrons. The maximum Gasteiger partial charge on any atom is 0.410 e.